The molecule has 5 rings (SSSR count). The highest BCUT2D eigenvalue weighted by atomic mass is 14.7. The second-order valence-electron chi connectivity index (χ2n) is 6.71. The Balaban J connectivity index is 1.82. The molecule has 4 aromatic rings. The maximum absolute atomic E-state index is 5.04. The summed E-state index contributed by atoms with van der Waals surface area (Å²) >= 11 is 0. The number of benzene rings is 3. The van der Waals surface area contributed by atoms with Crippen molar-refractivity contribution in [3.8, 4) is 11.3 Å². The fourth-order valence-corrected chi connectivity index (χ4v) is 4.07. The zero-order chi connectivity index (χ0) is 15.9. The van der Waals surface area contributed by atoms with E-state index in [0.29, 0.717) is 0 Å². The first kappa shape index (κ1) is 13.7. The maximum atomic E-state index is 5.04. The van der Waals surface area contributed by atoms with Gasteiger partial charge in [0, 0.05) is 10.9 Å². The van der Waals surface area contributed by atoms with Crippen molar-refractivity contribution in [2.75, 3.05) is 0 Å². The topological polar surface area (TPSA) is 12.9 Å². The van der Waals surface area contributed by atoms with Gasteiger partial charge in [0.25, 0.3) is 0 Å². The molecule has 0 saturated carbocycles. The zero-order valence-electron chi connectivity index (χ0n) is 13.6. The molecule has 0 radical (unpaired) electrons. The Morgan fingerprint density at radius 2 is 1.50 bits per heavy atom. The molecule has 116 valence electrons. The first-order valence-corrected chi connectivity index (χ1v) is 8.80. The Labute approximate surface area is 142 Å². The van der Waals surface area contributed by atoms with E-state index in [2.05, 4.69) is 66.7 Å². The Hall–Kier alpha value is -2.67. The summed E-state index contributed by atoms with van der Waals surface area (Å²) < 4.78 is 0. The molecule has 0 atom stereocenters. The third kappa shape index (κ3) is 2.12. The lowest BCUT2D eigenvalue weighted by Gasteiger charge is -2.12. The smallest absolute Gasteiger partial charge is 0.0718 e. The van der Waals surface area contributed by atoms with Gasteiger partial charge in [0.15, 0.2) is 0 Å². The molecule has 0 fully saturated rings. The Morgan fingerprint density at radius 3 is 2.46 bits per heavy atom. The van der Waals surface area contributed by atoms with Crippen LogP contribution >= 0.6 is 0 Å². The summed E-state index contributed by atoms with van der Waals surface area (Å²) in [6.45, 7) is 0. The monoisotopic (exact) mass is 309 g/mol. The third-order valence-electron chi connectivity index (χ3n) is 5.21. The number of aromatic nitrogens is 1. The molecular formula is C23H19N. The molecule has 0 bridgehead atoms. The van der Waals surface area contributed by atoms with Crippen LogP contribution in [-0.2, 0) is 12.8 Å². The van der Waals surface area contributed by atoms with E-state index >= 15 is 0 Å². The molecule has 1 aliphatic rings. The van der Waals surface area contributed by atoms with Crippen molar-refractivity contribution in [2.45, 2.75) is 25.7 Å². The molecule has 3 aromatic carbocycles. The summed E-state index contributed by atoms with van der Waals surface area (Å²) in [5.74, 6) is 0. The summed E-state index contributed by atoms with van der Waals surface area (Å²) in [5.41, 5.74) is 6.43. The molecule has 1 heteroatoms. The molecule has 0 amide bonds. The molecule has 24 heavy (non-hydrogen) atoms. The first-order chi connectivity index (χ1) is 11.9. The van der Waals surface area contributed by atoms with Crippen LogP contribution in [0.1, 0.15) is 24.0 Å². The predicted molar refractivity (Wildman–Crippen MR) is 101 cm³/mol. The van der Waals surface area contributed by atoms with Gasteiger partial charge in [-0.25, -0.2) is 4.98 Å². The highest BCUT2D eigenvalue weighted by Crippen LogP contribution is 2.33. The molecule has 0 N–H and O–H groups in total. The molecule has 0 unspecified atom stereocenters. The third-order valence-corrected chi connectivity index (χ3v) is 5.21. The van der Waals surface area contributed by atoms with Crippen LogP contribution in [0.2, 0.25) is 0 Å². The van der Waals surface area contributed by atoms with Gasteiger partial charge in [-0.1, -0.05) is 54.6 Å². The van der Waals surface area contributed by atoms with Crippen molar-refractivity contribution in [3.63, 3.8) is 0 Å². The molecular weight excluding hydrogens is 290 g/mol. The van der Waals surface area contributed by atoms with Crippen molar-refractivity contribution < 1.29 is 0 Å². The van der Waals surface area contributed by atoms with E-state index in [1.54, 1.807) is 0 Å². The van der Waals surface area contributed by atoms with Gasteiger partial charge in [0.05, 0.1) is 11.2 Å². The molecule has 0 spiro atoms. The number of nitrogens with zero attached hydrogens (tertiary/aromatic N) is 1. The second-order valence-corrected chi connectivity index (χ2v) is 6.71. The van der Waals surface area contributed by atoms with Crippen LogP contribution in [0.25, 0.3) is 32.9 Å². The maximum Gasteiger partial charge on any atom is 0.0718 e. The molecule has 1 nitrogen and oxygen atoms in total. The largest absolute Gasteiger partial charge is 0.248 e. The lowest BCUT2D eigenvalue weighted by atomic mass is 9.97. The number of aryl methyl sites for hydroxylation is 2. The van der Waals surface area contributed by atoms with E-state index in [9.17, 15) is 0 Å². The van der Waals surface area contributed by atoms with Gasteiger partial charge in [-0.15, -0.1) is 0 Å². The minimum absolute atomic E-state index is 1.10. The van der Waals surface area contributed by atoms with Gasteiger partial charge in [-0.05, 0) is 59.7 Å². The Kier molecular flexibility index (Phi) is 3.12. The van der Waals surface area contributed by atoms with E-state index < -0.39 is 0 Å². The number of hydrogen-bond donors (Lipinski definition) is 0. The zero-order valence-corrected chi connectivity index (χ0v) is 13.6. The molecule has 1 heterocycles. The summed E-state index contributed by atoms with van der Waals surface area (Å²) in [5, 5.41) is 3.96. The number of rotatable bonds is 1. The van der Waals surface area contributed by atoms with Crippen molar-refractivity contribution in [1.29, 1.82) is 0 Å². The Bertz CT molecular complexity index is 1060. The van der Waals surface area contributed by atoms with Gasteiger partial charge < -0.3 is 0 Å². The van der Waals surface area contributed by atoms with Crippen molar-refractivity contribution in [2.24, 2.45) is 0 Å². The van der Waals surface area contributed by atoms with Crippen LogP contribution in [0.4, 0.5) is 0 Å². The van der Waals surface area contributed by atoms with Crippen LogP contribution in [0.3, 0.4) is 0 Å². The normalized spacial score (nSPS) is 14.0. The highest BCUT2D eigenvalue weighted by Gasteiger charge is 2.14. The lowest BCUT2D eigenvalue weighted by Crippen LogP contribution is -1.94. The van der Waals surface area contributed by atoms with Crippen LogP contribution in [0, 0.1) is 0 Å². The van der Waals surface area contributed by atoms with Crippen LogP contribution in [-0.4, -0.2) is 4.98 Å². The molecule has 1 aliphatic carbocycles. The SMILES string of the molecule is c1ccc2c(-c3cc4c5c(cccc5n3)CCCC4)cccc2c1. The standard InChI is InChI=1S/C23H19N/c1-2-9-18-15-22(24-21-14-6-11-17(8-1)23(18)21)20-13-5-10-16-7-3-4-12-19(16)20/h3-7,10-15H,1-2,8-9H2. The minimum atomic E-state index is 1.10. The first-order valence-electron chi connectivity index (χ1n) is 8.80. The van der Waals surface area contributed by atoms with Crippen molar-refractivity contribution in [3.05, 3.63) is 77.9 Å². The van der Waals surface area contributed by atoms with Crippen LogP contribution in [0.15, 0.2) is 66.7 Å². The van der Waals surface area contributed by atoms with E-state index in [1.165, 1.54) is 52.1 Å². The van der Waals surface area contributed by atoms with E-state index in [4.69, 9.17) is 4.98 Å². The second kappa shape index (κ2) is 5.45. The van der Waals surface area contributed by atoms with E-state index in [-0.39, 0.29) is 0 Å². The van der Waals surface area contributed by atoms with Crippen molar-refractivity contribution >= 4 is 21.7 Å². The van der Waals surface area contributed by atoms with E-state index in [1.807, 2.05) is 0 Å². The fraction of sp³-hybridized carbons (Fsp3) is 0.174. The van der Waals surface area contributed by atoms with Gasteiger partial charge in [0.1, 0.15) is 0 Å². The fourth-order valence-electron chi connectivity index (χ4n) is 4.07. The van der Waals surface area contributed by atoms with Gasteiger partial charge >= 0.3 is 0 Å². The van der Waals surface area contributed by atoms with Crippen LogP contribution < -0.4 is 0 Å². The van der Waals surface area contributed by atoms with Gasteiger partial charge in [-0.2, -0.15) is 0 Å². The predicted octanol–water partition coefficient (Wildman–Crippen LogP) is 5.93. The van der Waals surface area contributed by atoms with Gasteiger partial charge in [-0.3, -0.25) is 0 Å². The quantitative estimate of drug-likeness (QED) is 0.424. The summed E-state index contributed by atoms with van der Waals surface area (Å²) in [6, 6.07) is 24.0. The average molecular weight is 309 g/mol. The number of pyridine rings is 1. The van der Waals surface area contributed by atoms with Gasteiger partial charge in [0.2, 0.25) is 0 Å². The summed E-state index contributed by atoms with van der Waals surface area (Å²) in [6.07, 6.45) is 4.88. The highest BCUT2D eigenvalue weighted by molar-refractivity contribution is 5.97. The molecule has 0 aliphatic heterocycles. The number of fused-ring (bicyclic) bond motifs is 1. The lowest BCUT2D eigenvalue weighted by molar-refractivity contribution is 0.753. The molecule has 1 aromatic heterocycles. The summed E-state index contributed by atoms with van der Waals surface area (Å²) in [4.78, 5) is 5.04. The van der Waals surface area contributed by atoms with Crippen LogP contribution in [0.5, 0.6) is 0 Å². The molecule has 0 saturated heterocycles. The average Bonchev–Trinajstić information content (AvgIpc) is 2.85. The minimum Gasteiger partial charge on any atom is -0.248 e. The Morgan fingerprint density at radius 1 is 0.708 bits per heavy atom. The van der Waals surface area contributed by atoms with E-state index in [0.717, 1.165) is 17.6 Å². The van der Waals surface area contributed by atoms with Crippen molar-refractivity contribution in [1.82, 2.24) is 4.98 Å². The number of hydrogen-bond acceptors (Lipinski definition) is 1. The summed E-state index contributed by atoms with van der Waals surface area (Å²) in [7, 11) is 0.